The lowest BCUT2D eigenvalue weighted by atomic mass is 9.94. The molecule has 118 valence electrons. The van der Waals surface area contributed by atoms with Crippen LogP contribution in [-0.2, 0) is 4.79 Å². The van der Waals surface area contributed by atoms with E-state index in [9.17, 15) is 4.79 Å². The summed E-state index contributed by atoms with van der Waals surface area (Å²) in [5.74, 6) is 0.183. The van der Waals surface area contributed by atoms with Crippen molar-refractivity contribution >= 4 is 5.91 Å². The van der Waals surface area contributed by atoms with Crippen molar-refractivity contribution in [3.05, 3.63) is 59.4 Å². The minimum absolute atomic E-state index is 0.00623. The van der Waals surface area contributed by atoms with Gasteiger partial charge in [0, 0.05) is 29.9 Å². The van der Waals surface area contributed by atoms with Gasteiger partial charge >= 0.3 is 0 Å². The van der Waals surface area contributed by atoms with Crippen LogP contribution < -0.4 is 5.32 Å². The Morgan fingerprint density at radius 3 is 2.64 bits per heavy atom. The lowest BCUT2D eigenvalue weighted by molar-refractivity contribution is -0.118. The number of nitrogens with one attached hydrogen (secondary N) is 1. The van der Waals surface area contributed by atoms with Gasteiger partial charge in [-0.15, -0.1) is 0 Å². The maximum absolute atomic E-state index is 12.7. The van der Waals surface area contributed by atoms with Crippen LogP contribution in [0.4, 0.5) is 0 Å². The van der Waals surface area contributed by atoms with Gasteiger partial charge in [-0.05, 0) is 25.8 Å². The zero-order valence-corrected chi connectivity index (χ0v) is 14.0. The number of hydrogen-bond acceptors (Lipinski definition) is 2. The highest BCUT2D eigenvalue weighted by atomic mass is 16.1. The molecule has 0 radical (unpaired) electrons. The van der Waals surface area contributed by atoms with Crippen molar-refractivity contribution in [3.8, 4) is 0 Å². The predicted octanol–water partition coefficient (Wildman–Crippen LogP) is 4.01. The first-order chi connectivity index (χ1) is 10.5. The first kappa shape index (κ1) is 16.3. The van der Waals surface area contributed by atoms with E-state index in [2.05, 4.69) is 36.3 Å². The third-order valence-electron chi connectivity index (χ3n) is 4.19. The molecule has 1 heterocycles. The fourth-order valence-electron chi connectivity index (χ4n) is 2.88. The van der Waals surface area contributed by atoms with Crippen LogP contribution in [0.5, 0.6) is 0 Å². The van der Waals surface area contributed by atoms with E-state index >= 15 is 0 Å². The molecule has 0 unspecified atom stereocenters. The Kier molecular flexibility index (Phi) is 5.42. The number of hydrogen-bond donors (Lipinski definition) is 1. The average Bonchev–Trinajstić information content (AvgIpc) is 2.51. The molecule has 0 bridgehead atoms. The molecule has 0 spiro atoms. The summed E-state index contributed by atoms with van der Waals surface area (Å²) in [7, 11) is 0. The highest BCUT2D eigenvalue weighted by Gasteiger charge is 2.24. The highest BCUT2D eigenvalue weighted by Crippen LogP contribution is 2.26. The van der Waals surface area contributed by atoms with Gasteiger partial charge in [0.1, 0.15) is 0 Å². The molecule has 3 nitrogen and oxygen atoms in total. The molecule has 1 aromatic carbocycles. The second kappa shape index (κ2) is 7.30. The molecule has 3 heteroatoms. The summed E-state index contributed by atoms with van der Waals surface area (Å²) in [5.41, 5.74) is 3.06. The summed E-state index contributed by atoms with van der Waals surface area (Å²) in [6, 6.07) is 10.1. The number of allylic oxidation sites excluding steroid dienone is 2. The Morgan fingerprint density at radius 2 is 2.00 bits per heavy atom. The molecule has 1 aliphatic heterocycles. The lowest BCUT2D eigenvalue weighted by Crippen LogP contribution is -2.34. The molecule has 2 atom stereocenters. The molecule has 1 aromatic rings. The molecular formula is C19H26N2O. The van der Waals surface area contributed by atoms with Crippen LogP contribution in [-0.4, -0.2) is 17.4 Å². The van der Waals surface area contributed by atoms with E-state index in [4.69, 9.17) is 0 Å². The van der Waals surface area contributed by atoms with Crippen LogP contribution in [0, 0.1) is 5.92 Å². The lowest BCUT2D eigenvalue weighted by Gasteiger charge is -2.30. The Labute approximate surface area is 133 Å². The summed E-state index contributed by atoms with van der Waals surface area (Å²) in [6.45, 7) is 9.23. The molecule has 0 aliphatic carbocycles. The minimum atomic E-state index is 0.00623. The minimum Gasteiger partial charge on any atom is -0.352 e. The summed E-state index contributed by atoms with van der Waals surface area (Å²) < 4.78 is 0. The Balaban J connectivity index is 2.15. The summed E-state index contributed by atoms with van der Waals surface area (Å²) in [5, 5.41) is 3.13. The smallest absolute Gasteiger partial charge is 0.250 e. The van der Waals surface area contributed by atoms with Crippen molar-refractivity contribution in [2.24, 2.45) is 5.92 Å². The van der Waals surface area contributed by atoms with Gasteiger partial charge in [-0.2, -0.15) is 0 Å². The van der Waals surface area contributed by atoms with Crippen LogP contribution in [0.25, 0.3) is 0 Å². The summed E-state index contributed by atoms with van der Waals surface area (Å²) in [4.78, 5) is 14.9. The zero-order valence-electron chi connectivity index (χ0n) is 14.0. The number of carbonyl (C=O) groups is 1. The second-order valence-corrected chi connectivity index (χ2v) is 5.93. The third-order valence-corrected chi connectivity index (χ3v) is 4.19. The molecule has 1 N–H and O–H groups in total. The maximum Gasteiger partial charge on any atom is 0.250 e. The number of rotatable bonds is 5. The molecule has 0 saturated carbocycles. The normalized spacial score (nSPS) is 19.3. The Bertz CT molecular complexity index is 574. The molecule has 22 heavy (non-hydrogen) atoms. The second-order valence-electron chi connectivity index (χ2n) is 5.93. The predicted molar refractivity (Wildman–Crippen MR) is 91.0 cm³/mol. The van der Waals surface area contributed by atoms with Gasteiger partial charge in [-0.3, -0.25) is 4.79 Å². The maximum atomic E-state index is 12.7. The van der Waals surface area contributed by atoms with Gasteiger partial charge in [0.2, 0.25) is 5.91 Å². The van der Waals surface area contributed by atoms with Crippen molar-refractivity contribution in [1.29, 1.82) is 0 Å². The van der Waals surface area contributed by atoms with Crippen molar-refractivity contribution in [2.45, 2.75) is 40.2 Å². The highest BCUT2D eigenvalue weighted by molar-refractivity contribution is 5.95. The molecule has 1 amide bonds. The van der Waals surface area contributed by atoms with Crippen LogP contribution >= 0.6 is 0 Å². The van der Waals surface area contributed by atoms with Crippen molar-refractivity contribution in [1.82, 2.24) is 10.2 Å². The molecule has 2 rings (SSSR count). The van der Waals surface area contributed by atoms with Gasteiger partial charge in [0.05, 0.1) is 6.04 Å². The number of carbonyl (C=O) groups excluding carboxylic acids is 1. The van der Waals surface area contributed by atoms with E-state index < -0.39 is 0 Å². The van der Waals surface area contributed by atoms with Gasteiger partial charge in [-0.25, -0.2) is 0 Å². The monoisotopic (exact) mass is 298 g/mol. The van der Waals surface area contributed by atoms with E-state index in [0.29, 0.717) is 0 Å². The van der Waals surface area contributed by atoms with Crippen molar-refractivity contribution in [3.63, 3.8) is 0 Å². The van der Waals surface area contributed by atoms with Crippen molar-refractivity contribution in [2.75, 3.05) is 6.54 Å². The molecule has 0 fully saturated rings. The molecule has 0 saturated heterocycles. The first-order valence-electron chi connectivity index (χ1n) is 8.06. The van der Waals surface area contributed by atoms with Crippen molar-refractivity contribution < 1.29 is 4.79 Å². The number of nitrogens with zero attached hydrogens (tertiary/aromatic N) is 1. The van der Waals surface area contributed by atoms with Gasteiger partial charge in [0.15, 0.2) is 0 Å². The summed E-state index contributed by atoms with van der Waals surface area (Å²) in [6.07, 6.45) is 5.26. The zero-order chi connectivity index (χ0) is 16.1. The fourth-order valence-corrected chi connectivity index (χ4v) is 2.88. The van der Waals surface area contributed by atoms with Crippen LogP contribution in [0.3, 0.4) is 0 Å². The number of amides is 1. The Morgan fingerprint density at radius 1 is 1.32 bits per heavy atom. The summed E-state index contributed by atoms with van der Waals surface area (Å²) >= 11 is 0. The molecule has 0 aromatic heterocycles. The van der Waals surface area contributed by atoms with Gasteiger partial charge in [-0.1, -0.05) is 50.3 Å². The van der Waals surface area contributed by atoms with Crippen LogP contribution in [0.2, 0.25) is 0 Å². The third kappa shape index (κ3) is 3.59. The van der Waals surface area contributed by atoms with Crippen LogP contribution in [0.15, 0.2) is 53.9 Å². The van der Waals surface area contributed by atoms with E-state index in [-0.39, 0.29) is 17.9 Å². The largest absolute Gasteiger partial charge is 0.352 e. The quantitative estimate of drug-likeness (QED) is 0.890. The topological polar surface area (TPSA) is 32.3 Å². The van der Waals surface area contributed by atoms with E-state index in [1.807, 2.05) is 44.2 Å². The fraction of sp³-hybridized carbons (Fsp3) is 0.421. The first-order valence-corrected chi connectivity index (χ1v) is 8.06. The van der Waals surface area contributed by atoms with Gasteiger partial charge in [0.25, 0.3) is 0 Å². The van der Waals surface area contributed by atoms with E-state index in [1.54, 1.807) is 0 Å². The SMILES string of the molecule is CCCN1C=C[C@H](C)C(C(=O)N[C@H](C)c2ccccc2)=C1C. The molecule has 1 aliphatic rings. The van der Waals surface area contributed by atoms with E-state index in [0.717, 1.165) is 29.8 Å². The van der Waals surface area contributed by atoms with Crippen LogP contribution in [0.1, 0.15) is 45.7 Å². The number of benzene rings is 1. The average molecular weight is 298 g/mol. The van der Waals surface area contributed by atoms with E-state index in [1.165, 1.54) is 0 Å². The standard InChI is InChI=1S/C19H26N2O/c1-5-12-21-13-11-14(2)18(16(21)4)19(22)20-15(3)17-9-7-6-8-10-17/h6-11,13-15H,5,12H2,1-4H3,(H,20,22)/t14-,15+/m0/s1. The molecular weight excluding hydrogens is 272 g/mol. The van der Waals surface area contributed by atoms with Gasteiger partial charge < -0.3 is 10.2 Å². The Hall–Kier alpha value is -2.03.